The second kappa shape index (κ2) is 7.25. The third-order valence-electron chi connectivity index (χ3n) is 8.95. The van der Waals surface area contributed by atoms with Gasteiger partial charge in [-0.3, -0.25) is 0 Å². The lowest BCUT2D eigenvalue weighted by Gasteiger charge is -2.40. The van der Waals surface area contributed by atoms with Crippen molar-refractivity contribution in [2.24, 2.45) is 0 Å². The summed E-state index contributed by atoms with van der Waals surface area (Å²) in [5.41, 5.74) is 13.3. The van der Waals surface area contributed by atoms with Crippen molar-refractivity contribution in [3.8, 4) is 11.1 Å². The molecule has 0 atom stereocenters. The highest BCUT2D eigenvalue weighted by molar-refractivity contribution is 6.90. The first-order valence-electron chi connectivity index (χ1n) is 13.8. The molecule has 0 radical (unpaired) electrons. The molecule has 184 valence electrons. The number of aromatic nitrogens is 1. The normalized spacial score (nSPS) is 13.4. The van der Waals surface area contributed by atoms with Gasteiger partial charge in [0.1, 0.15) is 11.2 Å². The Morgan fingerprint density at radius 1 is 0.575 bits per heavy atom. The quantitative estimate of drug-likeness (QED) is 0.209. The number of hydrogen-bond donors (Lipinski definition) is 0. The smallest absolute Gasteiger partial charge is 0.333 e. The highest BCUT2D eigenvalue weighted by Gasteiger charge is 2.42. The largest absolute Gasteiger partial charge is 0.455 e. The van der Waals surface area contributed by atoms with E-state index in [2.05, 4.69) is 137 Å². The molecule has 0 saturated carbocycles. The SMILES string of the molecule is c1ccc(N2c3ccccc3B3c4c(cccc42)-c2cc4c5ccccc5oc4c4c5ccccc5n3c24)cc1. The monoisotopic (exact) mass is 508 g/mol. The molecule has 0 aliphatic carbocycles. The van der Waals surface area contributed by atoms with E-state index in [0.717, 1.165) is 16.6 Å². The summed E-state index contributed by atoms with van der Waals surface area (Å²) in [7, 11) is 0. The molecule has 2 aliphatic rings. The molecule has 40 heavy (non-hydrogen) atoms. The number of benzene rings is 6. The van der Waals surface area contributed by atoms with Crippen LogP contribution in [0.3, 0.4) is 0 Å². The standard InChI is InChI=1S/C36H21BN2O/c1-2-11-22(12-3-1)38-30-18-8-6-16-28(30)37-34-24(15-10-19-31(34)38)26-21-27-23-13-5-9-20-32(23)40-36(27)33-25-14-4-7-17-29(25)39(37)35(26)33/h1-21H. The molecule has 10 rings (SSSR count). The Kier molecular flexibility index (Phi) is 3.75. The number of hydrogen-bond acceptors (Lipinski definition) is 2. The zero-order valence-corrected chi connectivity index (χ0v) is 21.5. The van der Waals surface area contributed by atoms with Crippen LogP contribution < -0.4 is 15.8 Å². The molecule has 8 aromatic rings. The minimum Gasteiger partial charge on any atom is -0.455 e. The fourth-order valence-electron chi connectivity index (χ4n) is 7.44. The first-order chi connectivity index (χ1) is 19.9. The maximum atomic E-state index is 6.63. The molecular weight excluding hydrogens is 487 g/mol. The number of furan rings is 1. The second-order valence-electron chi connectivity index (χ2n) is 10.9. The van der Waals surface area contributed by atoms with Crippen molar-refractivity contribution < 1.29 is 4.42 Å². The van der Waals surface area contributed by atoms with Gasteiger partial charge in [0.05, 0.1) is 5.39 Å². The van der Waals surface area contributed by atoms with Crippen LogP contribution in [0.4, 0.5) is 17.1 Å². The van der Waals surface area contributed by atoms with Crippen LogP contribution in [-0.4, -0.2) is 11.3 Å². The minimum atomic E-state index is 0.0547. The lowest BCUT2D eigenvalue weighted by atomic mass is 9.45. The predicted octanol–water partition coefficient (Wildman–Crippen LogP) is 8.11. The molecule has 0 N–H and O–H groups in total. The third kappa shape index (κ3) is 2.39. The van der Waals surface area contributed by atoms with Crippen LogP contribution in [0.1, 0.15) is 0 Å². The van der Waals surface area contributed by atoms with E-state index in [1.54, 1.807) is 0 Å². The number of para-hydroxylation sites is 4. The fourth-order valence-corrected chi connectivity index (χ4v) is 7.44. The zero-order chi connectivity index (χ0) is 25.9. The van der Waals surface area contributed by atoms with Gasteiger partial charge in [-0.1, -0.05) is 84.9 Å². The van der Waals surface area contributed by atoms with Gasteiger partial charge >= 0.3 is 6.85 Å². The zero-order valence-electron chi connectivity index (χ0n) is 21.5. The third-order valence-corrected chi connectivity index (χ3v) is 8.95. The van der Waals surface area contributed by atoms with Crippen molar-refractivity contribution in [3.05, 3.63) is 127 Å². The molecular formula is C36H21BN2O. The van der Waals surface area contributed by atoms with E-state index in [4.69, 9.17) is 4.42 Å². The van der Waals surface area contributed by atoms with Crippen molar-refractivity contribution in [1.29, 1.82) is 0 Å². The molecule has 0 fully saturated rings. The van der Waals surface area contributed by atoms with Crippen LogP contribution in [0.5, 0.6) is 0 Å². The second-order valence-corrected chi connectivity index (χ2v) is 10.9. The first kappa shape index (κ1) is 20.7. The Labute approximate surface area is 230 Å². The number of fused-ring (bicyclic) bond motifs is 11. The van der Waals surface area contributed by atoms with Crippen LogP contribution in [0, 0.1) is 0 Å². The number of anilines is 3. The summed E-state index contributed by atoms with van der Waals surface area (Å²) in [4.78, 5) is 2.43. The van der Waals surface area contributed by atoms with Crippen molar-refractivity contribution in [1.82, 2.24) is 4.48 Å². The minimum absolute atomic E-state index is 0.0547. The summed E-state index contributed by atoms with van der Waals surface area (Å²) in [6.45, 7) is 0.0547. The molecule has 0 spiro atoms. The van der Waals surface area contributed by atoms with Crippen LogP contribution in [0.2, 0.25) is 0 Å². The number of rotatable bonds is 1. The van der Waals surface area contributed by atoms with Crippen molar-refractivity contribution in [2.45, 2.75) is 0 Å². The molecule has 4 heterocycles. The lowest BCUT2D eigenvalue weighted by Crippen LogP contribution is -2.56. The maximum Gasteiger partial charge on any atom is 0.333 e. The fraction of sp³-hybridized carbons (Fsp3) is 0. The highest BCUT2D eigenvalue weighted by Crippen LogP contribution is 2.48. The summed E-state index contributed by atoms with van der Waals surface area (Å²) in [6.07, 6.45) is 0. The molecule has 0 bridgehead atoms. The lowest BCUT2D eigenvalue weighted by molar-refractivity contribution is 0.673. The molecule has 6 aromatic carbocycles. The maximum absolute atomic E-state index is 6.63. The van der Waals surface area contributed by atoms with E-state index in [1.165, 1.54) is 66.3 Å². The Balaban J connectivity index is 1.45. The van der Waals surface area contributed by atoms with Crippen molar-refractivity contribution in [2.75, 3.05) is 4.90 Å². The summed E-state index contributed by atoms with van der Waals surface area (Å²) in [5.74, 6) is 0. The van der Waals surface area contributed by atoms with Gasteiger partial charge in [0, 0.05) is 49.8 Å². The molecule has 4 heteroatoms. The summed E-state index contributed by atoms with van der Waals surface area (Å²) >= 11 is 0. The van der Waals surface area contributed by atoms with E-state index in [9.17, 15) is 0 Å². The topological polar surface area (TPSA) is 21.3 Å². The summed E-state index contributed by atoms with van der Waals surface area (Å²) < 4.78 is 9.21. The van der Waals surface area contributed by atoms with Crippen LogP contribution >= 0.6 is 0 Å². The van der Waals surface area contributed by atoms with E-state index < -0.39 is 0 Å². The Hall–Kier alpha value is -5.22. The van der Waals surface area contributed by atoms with Crippen molar-refractivity contribution in [3.63, 3.8) is 0 Å². The van der Waals surface area contributed by atoms with Gasteiger partial charge < -0.3 is 13.8 Å². The molecule has 2 aliphatic heterocycles. The average molecular weight is 508 g/mol. The Morgan fingerprint density at radius 2 is 1.32 bits per heavy atom. The Morgan fingerprint density at radius 3 is 2.25 bits per heavy atom. The van der Waals surface area contributed by atoms with Gasteiger partial charge in [-0.2, -0.15) is 0 Å². The highest BCUT2D eigenvalue weighted by atomic mass is 16.3. The predicted molar refractivity (Wildman–Crippen MR) is 167 cm³/mol. The van der Waals surface area contributed by atoms with Crippen molar-refractivity contribution >= 4 is 78.6 Å². The van der Waals surface area contributed by atoms with Gasteiger partial charge in [-0.05, 0) is 59.0 Å². The first-order valence-corrected chi connectivity index (χ1v) is 13.8. The van der Waals surface area contributed by atoms with Gasteiger partial charge in [-0.25, -0.2) is 0 Å². The average Bonchev–Trinajstić information content (AvgIpc) is 3.56. The van der Waals surface area contributed by atoms with E-state index in [1.807, 2.05) is 0 Å². The molecule has 0 saturated heterocycles. The molecule has 0 unspecified atom stereocenters. The van der Waals surface area contributed by atoms with Gasteiger partial charge in [0.25, 0.3) is 0 Å². The van der Waals surface area contributed by atoms with Gasteiger partial charge in [-0.15, -0.1) is 0 Å². The van der Waals surface area contributed by atoms with Gasteiger partial charge in [0.2, 0.25) is 0 Å². The van der Waals surface area contributed by atoms with E-state index >= 15 is 0 Å². The summed E-state index contributed by atoms with van der Waals surface area (Å²) in [6, 6.07) is 46.1. The molecule has 3 nitrogen and oxygen atoms in total. The van der Waals surface area contributed by atoms with E-state index in [0.29, 0.717) is 0 Å². The number of nitrogens with zero attached hydrogens (tertiary/aromatic N) is 2. The van der Waals surface area contributed by atoms with Crippen LogP contribution in [0.25, 0.3) is 54.9 Å². The molecule has 2 aromatic heterocycles. The van der Waals surface area contributed by atoms with Crippen LogP contribution in [0.15, 0.2) is 132 Å². The van der Waals surface area contributed by atoms with Gasteiger partial charge in [0.15, 0.2) is 0 Å². The van der Waals surface area contributed by atoms with Crippen LogP contribution in [-0.2, 0) is 0 Å². The Bertz CT molecular complexity index is 2350. The summed E-state index contributed by atoms with van der Waals surface area (Å²) in [5, 5.41) is 4.78. The van der Waals surface area contributed by atoms with E-state index in [-0.39, 0.29) is 6.85 Å². The molecule has 0 amide bonds.